The van der Waals surface area contributed by atoms with Crippen molar-refractivity contribution < 1.29 is 9.63 Å². The SMILES string of the molecule is C=C/C=C\C(=C/CC)C(=O)N(C)OC. The van der Waals surface area contributed by atoms with E-state index in [4.69, 9.17) is 4.84 Å². The molecule has 0 aromatic carbocycles. The van der Waals surface area contributed by atoms with Gasteiger partial charge in [0.05, 0.1) is 7.11 Å². The Morgan fingerprint density at radius 3 is 2.64 bits per heavy atom. The molecule has 1 amide bonds. The van der Waals surface area contributed by atoms with Crippen molar-refractivity contribution in [1.29, 1.82) is 0 Å². The van der Waals surface area contributed by atoms with E-state index in [0.29, 0.717) is 5.57 Å². The molecule has 0 aliphatic rings. The number of rotatable bonds is 5. The predicted octanol–water partition coefficient (Wildman–Crippen LogP) is 2.08. The molecule has 0 N–H and O–H groups in total. The zero-order chi connectivity index (χ0) is 11.0. The Balaban J connectivity index is 4.66. The molecule has 0 atom stereocenters. The first-order valence-corrected chi connectivity index (χ1v) is 4.48. The van der Waals surface area contributed by atoms with Crippen molar-refractivity contribution in [3.8, 4) is 0 Å². The van der Waals surface area contributed by atoms with Crippen LogP contribution in [0.15, 0.2) is 36.5 Å². The highest BCUT2D eigenvalue weighted by atomic mass is 16.7. The second kappa shape index (κ2) is 7.09. The van der Waals surface area contributed by atoms with Crippen molar-refractivity contribution in [1.82, 2.24) is 5.06 Å². The van der Waals surface area contributed by atoms with Crippen LogP contribution in [0.3, 0.4) is 0 Å². The normalized spacial score (nSPS) is 11.8. The van der Waals surface area contributed by atoms with Crippen molar-refractivity contribution in [2.45, 2.75) is 13.3 Å². The van der Waals surface area contributed by atoms with E-state index < -0.39 is 0 Å². The van der Waals surface area contributed by atoms with E-state index in [9.17, 15) is 4.79 Å². The summed E-state index contributed by atoms with van der Waals surface area (Å²) < 4.78 is 0. The third-order valence-corrected chi connectivity index (χ3v) is 1.64. The fourth-order valence-electron chi connectivity index (χ4n) is 0.883. The van der Waals surface area contributed by atoms with Gasteiger partial charge in [0.25, 0.3) is 5.91 Å². The summed E-state index contributed by atoms with van der Waals surface area (Å²) in [5.74, 6) is -0.160. The number of nitrogens with zero attached hydrogens (tertiary/aromatic N) is 1. The van der Waals surface area contributed by atoms with Gasteiger partial charge in [-0.1, -0.05) is 31.7 Å². The van der Waals surface area contributed by atoms with E-state index >= 15 is 0 Å². The summed E-state index contributed by atoms with van der Waals surface area (Å²) >= 11 is 0. The highest BCUT2D eigenvalue weighted by Crippen LogP contribution is 2.04. The van der Waals surface area contributed by atoms with Crippen LogP contribution >= 0.6 is 0 Å². The topological polar surface area (TPSA) is 29.5 Å². The first-order chi connectivity index (χ1) is 6.67. The Morgan fingerprint density at radius 2 is 2.21 bits per heavy atom. The molecule has 0 bridgehead atoms. The van der Waals surface area contributed by atoms with Gasteiger partial charge in [-0.2, -0.15) is 0 Å². The lowest BCUT2D eigenvalue weighted by Crippen LogP contribution is -2.26. The highest BCUT2D eigenvalue weighted by molar-refractivity contribution is 5.95. The molecule has 0 rings (SSSR count). The van der Waals surface area contributed by atoms with Gasteiger partial charge in [0, 0.05) is 12.6 Å². The minimum Gasteiger partial charge on any atom is -0.274 e. The van der Waals surface area contributed by atoms with Gasteiger partial charge in [-0.15, -0.1) is 0 Å². The fourth-order valence-corrected chi connectivity index (χ4v) is 0.883. The Morgan fingerprint density at radius 1 is 1.57 bits per heavy atom. The first kappa shape index (κ1) is 12.7. The van der Waals surface area contributed by atoms with Crippen molar-refractivity contribution in [2.75, 3.05) is 14.2 Å². The van der Waals surface area contributed by atoms with E-state index in [1.165, 1.54) is 12.2 Å². The molecule has 0 fully saturated rings. The number of hydrogen-bond acceptors (Lipinski definition) is 2. The Bertz CT molecular complexity index is 254. The molecule has 0 saturated heterocycles. The van der Waals surface area contributed by atoms with Crippen LogP contribution in [-0.4, -0.2) is 25.1 Å². The lowest BCUT2D eigenvalue weighted by Gasteiger charge is -2.13. The molecule has 14 heavy (non-hydrogen) atoms. The Kier molecular flexibility index (Phi) is 6.41. The quantitative estimate of drug-likeness (QED) is 0.382. The van der Waals surface area contributed by atoms with E-state index in [2.05, 4.69) is 6.58 Å². The second-order valence-corrected chi connectivity index (χ2v) is 2.65. The van der Waals surface area contributed by atoms with Crippen LogP contribution in [-0.2, 0) is 9.63 Å². The molecule has 0 aromatic rings. The van der Waals surface area contributed by atoms with Crippen molar-refractivity contribution >= 4 is 5.91 Å². The van der Waals surface area contributed by atoms with Crippen LogP contribution in [0.5, 0.6) is 0 Å². The smallest absolute Gasteiger partial charge is 0.274 e. The summed E-state index contributed by atoms with van der Waals surface area (Å²) in [6, 6.07) is 0. The molecule has 3 heteroatoms. The molecule has 0 heterocycles. The zero-order valence-electron chi connectivity index (χ0n) is 8.99. The van der Waals surface area contributed by atoms with E-state index in [1.807, 2.05) is 13.0 Å². The van der Waals surface area contributed by atoms with Gasteiger partial charge in [0.1, 0.15) is 0 Å². The van der Waals surface area contributed by atoms with Crippen LogP contribution in [0.1, 0.15) is 13.3 Å². The average Bonchev–Trinajstić information content (AvgIpc) is 2.22. The number of hydrogen-bond donors (Lipinski definition) is 0. The zero-order valence-corrected chi connectivity index (χ0v) is 8.99. The maximum absolute atomic E-state index is 11.6. The molecule has 0 aliphatic heterocycles. The number of hydroxylamine groups is 2. The maximum atomic E-state index is 11.6. The minimum atomic E-state index is -0.160. The molecule has 3 nitrogen and oxygen atoms in total. The summed E-state index contributed by atoms with van der Waals surface area (Å²) in [5, 5.41) is 1.19. The summed E-state index contributed by atoms with van der Waals surface area (Å²) in [7, 11) is 3.03. The van der Waals surface area contributed by atoms with Gasteiger partial charge in [-0.05, 0) is 12.5 Å². The molecule has 0 spiro atoms. The number of carbonyl (C=O) groups is 1. The fraction of sp³-hybridized carbons (Fsp3) is 0.364. The van der Waals surface area contributed by atoms with Gasteiger partial charge in [-0.3, -0.25) is 9.63 Å². The predicted molar refractivity (Wildman–Crippen MR) is 57.5 cm³/mol. The molecule has 0 radical (unpaired) electrons. The molecule has 0 saturated carbocycles. The Hall–Kier alpha value is -1.35. The summed E-state index contributed by atoms with van der Waals surface area (Å²) in [6.07, 6.45) is 7.72. The van der Waals surface area contributed by atoms with Gasteiger partial charge >= 0.3 is 0 Å². The third kappa shape index (κ3) is 4.05. The van der Waals surface area contributed by atoms with E-state index in [1.54, 1.807) is 25.3 Å². The van der Waals surface area contributed by atoms with Crippen molar-refractivity contribution in [2.24, 2.45) is 0 Å². The molecule has 78 valence electrons. The van der Waals surface area contributed by atoms with E-state index in [0.717, 1.165) is 6.42 Å². The van der Waals surface area contributed by atoms with Crippen LogP contribution < -0.4 is 0 Å². The van der Waals surface area contributed by atoms with Crippen LogP contribution in [0.25, 0.3) is 0 Å². The second-order valence-electron chi connectivity index (χ2n) is 2.65. The number of allylic oxidation sites excluding steroid dienone is 3. The van der Waals surface area contributed by atoms with Crippen molar-refractivity contribution in [3.63, 3.8) is 0 Å². The highest BCUT2D eigenvalue weighted by Gasteiger charge is 2.10. The molecule has 0 aromatic heterocycles. The molecule has 0 aliphatic carbocycles. The summed E-state index contributed by atoms with van der Waals surface area (Å²) in [5.41, 5.74) is 0.608. The minimum absolute atomic E-state index is 0.160. The lowest BCUT2D eigenvalue weighted by molar-refractivity contribution is -0.163. The maximum Gasteiger partial charge on any atom is 0.276 e. The standard InChI is InChI=1S/C11H17NO2/c1-5-7-9-10(8-6-2)11(13)12(3)14-4/h5,7-9H,1,6H2,2-4H3/b9-7-,10-8+. The third-order valence-electron chi connectivity index (χ3n) is 1.64. The van der Waals surface area contributed by atoms with Crippen LogP contribution in [0, 0.1) is 0 Å². The average molecular weight is 195 g/mol. The van der Waals surface area contributed by atoms with Gasteiger partial charge in [0.15, 0.2) is 0 Å². The molecular formula is C11H17NO2. The number of likely N-dealkylation sites (N-methyl/N-ethyl adjacent to an activating group) is 1. The van der Waals surface area contributed by atoms with Gasteiger partial charge in [-0.25, -0.2) is 5.06 Å². The number of amides is 1. The van der Waals surface area contributed by atoms with E-state index in [-0.39, 0.29) is 5.91 Å². The number of carbonyl (C=O) groups excluding carboxylic acids is 1. The monoisotopic (exact) mass is 195 g/mol. The van der Waals surface area contributed by atoms with Gasteiger partial charge < -0.3 is 0 Å². The first-order valence-electron chi connectivity index (χ1n) is 4.48. The van der Waals surface area contributed by atoms with Crippen molar-refractivity contribution in [3.05, 3.63) is 36.5 Å². The Labute approximate surface area is 85.3 Å². The molecule has 0 unspecified atom stereocenters. The van der Waals surface area contributed by atoms with Gasteiger partial charge in [0.2, 0.25) is 0 Å². The van der Waals surface area contributed by atoms with Crippen LogP contribution in [0.4, 0.5) is 0 Å². The molecular weight excluding hydrogens is 178 g/mol. The summed E-state index contributed by atoms with van der Waals surface area (Å²) in [6.45, 7) is 5.52. The summed E-state index contributed by atoms with van der Waals surface area (Å²) in [4.78, 5) is 16.4. The van der Waals surface area contributed by atoms with Crippen LogP contribution in [0.2, 0.25) is 0 Å². The largest absolute Gasteiger partial charge is 0.276 e. The lowest BCUT2D eigenvalue weighted by atomic mass is 10.2.